The highest BCUT2D eigenvalue weighted by Crippen LogP contribution is 2.36. The van der Waals surface area contributed by atoms with Crippen LogP contribution in [-0.2, 0) is 10.0 Å². The molecule has 9 nitrogen and oxygen atoms in total. The molecular weight excluding hydrogens is 540 g/mol. The number of sulfonamides is 1. The standard InChI is InChI=1S/C28H21ClN4O5S/c1-38-26-13-7-6-12-24(26)32-39(36,37)27-16-18(33(34)35)14-15-25(27)31-30-17-23-19-8-2-4-10-21(19)28(29)22-11-5-3-9-20(22)23/h2-17,31-32H,1H3. The summed E-state index contributed by atoms with van der Waals surface area (Å²) in [4.78, 5) is 10.4. The molecular formula is C28H21ClN4O5S. The van der Waals surface area contributed by atoms with Gasteiger partial charge in [-0.1, -0.05) is 72.3 Å². The molecule has 0 aromatic heterocycles. The monoisotopic (exact) mass is 560 g/mol. The minimum atomic E-state index is -4.29. The van der Waals surface area contributed by atoms with Gasteiger partial charge in [0.1, 0.15) is 10.6 Å². The number of nitro benzene ring substituents is 1. The maximum Gasteiger partial charge on any atom is 0.270 e. The summed E-state index contributed by atoms with van der Waals surface area (Å²) in [5, 5.41) is 19.8. The van der Waals surface area contributed by atoms with E-state index in [1.807, 2.05) is 48.5 Å². The van der Waals surface area contributed by atoms with E-state index in [2.05, 4.69) is 15.2 Å². The molecule has 5 rings (SSSR count). The Labute approximate surface area is 228 Å². The molecule has 0 saturated heterocycles. The van der Waals surface area contributed by atoms with E-state index >= 15 is 0 Å². The Bertz CT molecular complexity index is 1820. The molecule has 0 amide bonds. The number of para-hydroxylation sites is 2. The van der Waals surface area contributed by atoms with Gasteiger partial charge in [-0.15, -0.1) is 0 Å². The van der Waals surface area contributed by atoms with Crippen molar-refractivity contribution in [1.29, 1.82) is 0 Å². The number of nitro groups is 1. The first-order valence-electron chi connectivity index (χ1n) is 11.6. The number of methoxy groups -OCH3 is 1. The summed E-state index contributed by atoms with van der Waals surface area (Å²) in [6.07, 6.45) is 1.58. The molecule has 2 N–H and O–H groups in total. The van der Waals surface area contributed by atoms with Gasteiger partial charge in [-0.3, -0.25) is 20.3 Å². The third kappa shape index (κ3) is 5.07. The van der Waals surface area contributed by atoms with Crippen molar-refractivity contribution < 1.29 is 18.1 Å². The highest BCUT2D eigenvalue weighted by Gasteiger charge is 2.24. The van der Waals surface area contributed by atoms with Crippen LogP contribution in [0, 0.1) is 10.1 Å². The van der Waals surface area contributed by atoms with Gasteiger partial charge >= 0.3 is 0 Å². The topological polar surface area (TPSA) is 123 Å². The fourth-order valence-electron chi connectivity index (χ4n) is 4.28. The molecule has 0 aliphatic heterocycles. The molecule has 0 unspecified atom stereocenters. The number of anilines is 2. The zero-order chi connectivity index (χ0) is 27.6. The van der Waals surface area contributed by atoms with Crippen molar-refractivity contribution in [3.8, 4) is 5.75 Å². The second kappa shape index (κ2) is 10.6. The zero-order valence-corrected chi connectivity index (χ0v) is 22.0. The van der Waals surface area contributed by atoms with Crippen LogP contribution in [0.2, 0.25) is 5.02 Å². The van der Waals surface area contributed by atoms with Crippen molar-refractivity contribution in [2.45, 2.75) is 4.90 Å². The van der Waals surface area contributed by atoms with E-state index in [0.717, 1.165) is 33.2 Å². The summed E-state index contributed by atoms with van der Waals surface area (Å²) in [7, 11) is -2.88. The lowest BCUT2D eigenvalue weighted by atomic mass is 9.97. The van der Waals surface area contributed by atoms with Gasteiger partial charge < -0.3 is 4.74 Å². The zero-order valence-electron chi connectivity index (χ0n) is 20.5. The van der Waals surface area contributed by atoms with Crippen molar-refractivity contribution in [3.05, 3.63) is 112 Å². The summed E-state index contributed by atoms with van der Waals surface area (Å²) in [6, 6.07) is 25.2. The van der Waals surface area contributed by atoms with Gasteiger partial charge in [-0.25, -0.2) is 8.42 Å². The molecule has 5 aromatic carbocycles. The highest BCUT2D eigenvalue weighted by molar-refractivity contribution is 7.93. The Morgan fingerprint density at radius 1 is 0.872 bits per heavy atom. The van der Waals surface area contributed by atoms with Crippen LogP contribution in [0.4, 0.5) is 17.1 Å². The lowest BCUT2D eigenvalue weighted by Gasteiger charge is -2.14. The number of nitrogens with one attached hydrogen (secondary N) is 2. The fraction of sp³-hybridized carbons (Fsp3) is 0.0357. The number of hydrogen-bond acceptors (Lipinski definition) is 7. The predicted octanol–water partition coefficient (Wildman–Crippen LogP) is 6.81. The van der Waals surface area contributed by atoms with Gasteiger partial charge in [0.15, 0.2) is 0 Å². The van der Waals surface area contributed by atoms with Crippen LogP contribution < -0.4 is 14.9 Å². The molecule has 0 fully saturated rings. The van der Waals surface area contributed by atoms with Crippen LogP contribution in [0.15, 0.2) is 101 Å². The Balaban J connectivity index is 1.57. The Morgan fingerprint density at radius 2 is 1.46 bits per heavy atom. The first-order valence-corrected chi connectivity index (χ1v) is 13.5. The molecule has 0 aliphatic rings. The van der Waals surface area contributed by atoms with Gasteiger partial charge in [0.2, 0.25) is 0 Å². The van der Waals surface area contributed by atoms with Gasteiger partial charge in [0.05, 0.1) is 34.6 Å². The number of rotatable bonds is 8. The molecule has 0 spiro atoms. The molecule has 0 heterocycles. The number of benzene rings is 5. The number of non-ortho nitro benzene ring substituents is 1. The first-order chi connectivity index (χ1) is 18.8. The van der Waals surface area contributed by atoms with Crippen LogP contribution in [0.1, 0.15) is 5.56 Å². The molecule has 0 saturated carbocycles. The third-order valence-corrected chi connectivity index (χ3v) is 7.92. The minimum absolute atomic E-state index is 0.0434. The van der Waals surface area contributed by atoms with E-state index in [1.165, 1.54) is 25.3 Å². The third-order valence-electron chi connectivity index (χ3n) is 6.10. The smallest absolute Gasteiger partial charge is 0.270 e. The molecule has 0 aliphatic carbocycles. The Morgan fingerprint density at radius 3 is 2.08 bits per heavy atom. The summed E-state index contributed by atoms with van der Waals surface area (Å²) in [5.74, 6) is 0.292. The SMILES string of the molecule is COc1ccccc1NS(=O)(=O)c1cc([N+](=O)[O-])ccc1NN=Cc1c2ccccc2c(Cl)c2ccccc12. The van der Waals surface area contributed by atoms with Crippen molar-refractivity contribution in [3.63, 3.8) is 0 Å². The second-order valence-electron chi connectivity index (χ2n) is 8.43. The molecule has 39 heavy (non-hydrogen) atoms. The van der Waals surface area contributed by atoms with E-state index in [0.29, 0.717) is 10.8 Å². The Hall–Kier alpha value is -4.67. The summed E-state index contributed by atoms with van der Waals surface area (Å²) in [6.45, 7) is 0. The fourth-order valence-corrected chi connectivity index (χ4v) is 5.86. The van der Waals surface area contributed by atoms with Crippen LogP contribution in [-0.4, -0.2) is 26.7 Å². The lowest BCUT2D eigenvalue weighted by Crippen LogP contribution is -2.15. The summed E-state index contributed by atoms with van der Waals surface area (Å²) >= 11 is 6.68. The van der Waals surface area contributed by atoms with Crippen LogP contribution in [0.5, 0.6) is 5.75 Å². The second-order valence-corrected chi connectivity index (χ2v) is 10.5. The maximum absolute atomic E-state index is 13.4. The van der Waals surface area contributed by atoms with E-state index in [-0.39, 0.29) is 22.0 Å². The number of halogens is 1. The van der Waals surface area contributed by atoms with Crippen LogP contribution in [0.25, 0.3) is 21.5 Å². The van der Waals surface area contributed by atoms with Crippen molar-refractivity contribution in [2.24, 2.45) is 5.10 Å². The van der Waals surface area contributed by atoms with Crippen molar-refractivity contribution >= 4 is 66.4 Å². The van der Waals surface area contributed by atoms with E-state index in [9.17, 15) is 18.5 Å². The minimum Gasteiger partial charge on any atom is -0.495 e. The van der Waals surface area contributed by atoms with E-state index < -0.39 is 14.9 Å². The Kier molecular flexibility index (Phi) is 7.05. The van der Waals surface area contributed by atoms with Crippen LogP contribution >= 0.6 is 11.6 Å². The number of hydrazone groups is 1. The average Bonchev–Trinajstić information content (AvgIpc) is 2.95. The molecule has 0 bridgehead atoms. The summed E-state index contributed by atoms with van der Waals surface area (Å²) in [5.41, 5.74) is 3.37. The molecule has 196 valence electrons. The number of ether oxygens (including phenoxy) is 1. The lowest BCUT2D eigenvalue weighted by molar-refractivity contribution is -0.385. The number of fused-ring (bicyclic) bond motifs is 2. The average molecular weight is 561 g/mol. The maximum atomic E-state index is 13.4. The van der Waals surface area contributed by atoms with E-state index in [4.69, 9.17) is 16.3 Å². The quantitative estimate of drug-likeness (QED) is 0.0930. The highest BCUT2D eigenvalue weighted by atomic mass is 35.5. The largest absolute Gasteiger partial charge is 0.495 e. The van der Waals surface area contributed by atoms with Crippen molar-refractivity contribution in [1.82, 2.24) is 0 Å². The molecule has 11 heteroatoms. The van der Waals surface area contributed by atoms with Crippen LogP contribution in [0.3, 0.4) is 0 Å². The first kappa shape index (κ1) is 26.0. The number of hydrogen-bond donors (Lipinski definition) is 2. The molecule has 0 atom stereocenters. The van der Waals surface area contributed by atoms with Gasteiger partial charge in [0, 0.05) is 28.5 Å². The summed E-state index contributed by atoms with van der Waals surface area (Å²) < 4.78 is 34.4. The van der Waals surface area contributed by atoms with E-state index in [1.54, 1.807) is 24.4 Å². The number of nitrogens with zero attached hydrogens (tertiary/aromatic N) is 2. The molecule has 5 aromatic rings. The molecule has 0 radical (unpaired) electrons. The normalized spacial score (nSPS) is 11.6. The van der Waals surface area contributed by atoms with Gasteiger partial charge in [-0.2, -0.15) is 5.10 Å². The predicted molar refractivity (Wildman–Crippen MR) is 155 cm³/mol. The van der Waals surface area contributed by atoms with Gasteiger partial charge in [0.25, 0.3) is 15.7 Å². The van der Waals surface area contributed by atoms with Gasteiger partial charge in [-0.05, 0) is 29.0 Å². The van der Waals surface area contributed by atoms with Crippen molar-refractivity contribution in [2.75, 3.05) is 17.3 Å².